The van der Waals surface area contributed by atoms with Crippen molar-refractivity contribution in [3.8, 4) is 0 Å². The molecule has 1 N–H and O–H groups in total. The predicted molar refractivity (Wildman–Crippen MR) is 56.3 cm³/mol. The quantitative estimate of drug-likeness (QED) is 0.798. The minimum atomic E-state index is -0.991. The van der Waals surface area contributed by atoms with E-state index < -0.39 is 5.97 Å². The fraction of sp³-hybridized carbons (Fsp3) is 0.667. The van der Waals surface area contributed by atoms with Crippen LogP contribution in [0.15, 0.2) is 5.16 Å². The normalized spacial score (nSPS) is 17.1. The summed E-state index contributed by atoms with van der Waals surface area (Å²) in [7, 11) is 0. The molecule has 1 heterocycles. The number of carboxylic acids is 1. The van der Waals surface area contributed by atoms with Crippen molar-refractivity contribution in [3.63, 3.8) is 0 Å². The monoisotopic (exact) mass is 227 g/mol. The Balaban J connectivity index is 2.39. The van der Waals surface area contributed by atoms with E-state index in [1.54, 1.807) is 4.57 Å². The third-order valence-corrected chi connectivity index (χ3v) is 3.37. The lowest BCUT2D eigenvalue weighted by Gasteiger charge is -2.14. The van der Waals surface area contributed by atoms with Crippen LogP contribution in [0.1, 0.15) is 42.3 Å². The standard InChI is InChI=1S/C9H13N3O2S/c1-15-9-11-10-7(8(13)14)12(9)6-4-2-3-5-6/h6H,2-5H2,1H3,(H,13,14). The summed E-state index contributed by atoms with van der Waals surface area (Å²) in [4.78, 5) is 11.0. The Labute approximate surface area is 91.9 Å². The third kappa shape index (κ3) is 1.86. The van der Waals surface area contributed by atoms with E-state index in [1.807, 2.05) is 6.26 Å². The summed E-state index contributed by atoms with van der Waals surface area (Å²) >= 11 is 1.45. The zero-order valence-electron chi connectivity index (χ0n) is 8.51. The van der Waals surface area contributed by atoms with Gasteiger partial charge in [-0.25, -0.2) is 4.79 Å². The Bertz CT molecular complexity index is 371. The first kappa shape index (κ1) is 10.5. The molecule has 5 nitrogen and oxygen atoms in total. The third-order valence-electron chi connectivity index (χ3n) is 2.73. The first-order chi connectivity index (χ1) is 7.24. The summed E-state index contributed by atoms with van der Waals surface area (Å²) < 4.78 is 1.78. The molecule has 0 aliphatic heterocycles. The molecule has 82 valence electrons. The molecule has 1 aromatic rings. The Morgan fingerprint density at radius 1 is 1.47 bits per heavy atom. The summed E-state index contributed by atoms with van der Waals surface area (Å²) in [5, 5.41) is 17.3. The number of carbonyl (C=O) groups is 1. The molecular weight excluding hydrogens is 214 g/mol. The van der Waals surface area contributed by atoms with Crippen LogP contribution >= 0.6 is 11.8 Å². The summed E-state index contributed by atoms with van der Waals surface area (Å²) in [6, 6.07) is 0.272. The van der Waals surface area contributed by atoms with Gasteiger partial charge < -0.3 is 5.11 Å². The van der Waals surface area contributed by atoms with Crippen LogP contribution < -0.4 is 0 Å². The van der Waals surface area contributed by atoms with Gasteiger partial charge in [0.2, 0.25) is 5.82 Å². The highest BCUT2D eigenvalue weighted by Crippen LogP contribution is 2.33. The van der Waals surface area contributed by atoms with E-state index >= 15 is 0 Å². The number of carboxylic acid groups (broad SMARTS) is 1. The second-order valence-electron chi connectivity index (χ2n) is 3.62. The zero-order valence-corrected chi connectivity index (χ0v) is 9.33. The maximum atomic E-state index is 11.0. The van der Waals surface area contributed by atoms with Gasteiger partial charge in [-0.1, -0.05) is 24.6 Å². The van der Waals surface area contributed by atoms with Crippen LogP contribution in [0.5, 0.6) is 0 Å². The van der Waals surface area contributed by atoms with Crippen molar-refractivity contribution in [2.24, 2.45) is 0 Å². The van der Waals surface area contributed by atoms with Crippen molar-refractivity contribution in [2.45, 2.75) is 36.9 Å². The van der Waals surface area contributed by atoms with Crippen LogP contribution in [-0.2, 0) is 0 Å². The summed E-state index contributed by atoms with van der Waals surface area (Å²) in [5.74, 6) is -0.916. The van der Waals surface area contributed by atoms with Crippen LogP contribution in [0.4, 0.5) is 0 Å². The highest BCUT2D eigenvalue weighted by atomic mass is 32.2. The number of hydrogen-bond donors (Lipinski definition) is 1. The molecule has 1 aliphatic rings. The van der Waals surface area contributed by atoms with Gasteiger partial charge in [-0.3, -0.25) is 4.57 Å². The molecule has 1 saturated carbocycles. The Morgan fingerprint density at radius 2 is 2.13 bits per heavy atom. The molecule has 1 aliphatic carbocycles. The molecule has 1 aromatic heterocycles. The lowest BCUT2D eigenvalue weighted by molar-refractivity contribution is 0.0674. The van der Waals surface area contributed by atoms with Gasteiger partial charge in [-0.2, -0.15) is 0 Å². The number of thioether (sulfide) groups is 1. The molecule has 0 aromatic carbocycles. The molecule has 0 atom stereocenters. The average molecular weight is 227 g/mol. The number of rotatable bonds is 3. The van der Waals surface area contributed by atoms with Crippen molar-refractivity contribution in [1.29, 1.82) is 0 Å². The molecule has 6 heteroatoms. The molecule has 0 unspecified atom stereocenters. The topological polar surface area (TPSA) is 68.0 Å². The lowest BCUT2D eigenvalue weighted by Crippen LogP contribution is -2.14. The van der Waals surface area contributed by atoms with Crippen LogP contribution in [0.3, 0.4) is 0 Å². The Hall–Kier alpha value is -1.04. The van der Waals surface area contributed by atoms with Crippen LogP contribution in [0, 0.1) is 0 Å². The second-order valence-corrected chi connectivity index (χ2v) is 4.40. The smallest absolute Gasteiger partial charge is 0.374 e. The molecule has 15 heavy (non-hydrogen) atoms. The number of aromatic nitrogens is 3. The van der Waals surface area contributed by atoms with Crippen molar-refractivity contribution >= 4 is 17.7 Å². The van der Waals surface area contributed by atoms with Gasteiger partial charge in [0.15, 0.2) is 5.16 Å². The first-order valence-corrected chi connectivity index (χ1v) is 6.18. The number of aromatic carboxylic acids is 1. The second kappa shape index (κ2) is 4.22. The molecule has 1 fully saturated rings. The largest absolute Gasteiger partial charge is 0.475 e. The highest BCUT2D eigenvalue weighted by Gasteiger charge is 2.26. The zero-order chi connectivity index (χ0) is 10.8. The summed E-state index contributed by atoms with van der Waals surface area (Å²) in [6.45, 7) is 0. The molecule has 0 bridgehead atoms. The van der Waals surface area contributed by atoms with E-state index in [1.165, 1.54) is 11.8 Å². The molecule has 0 spiro atoms. The Kier molecular flexibility index (Phi) is 2.95. The molecule has 0 saturated heterocycles. The van der Waals surface area contributed by atoms with E-state index in [-0.39, 0.29) is 11.9 Å². The minimum Gasteiger partial charge on any atom is -0.475 e. The van der Waals surface area contributed by atoms with Crippen LogP contribution in [-0.4, -0.2) is 32.1 Å². The maximum absolute atomic E-state index is 11.0. The SMILES string of the molecule is CSc1nnc(C(=O)O)n1C1CCCC1. The summed E-state index contributed by atoms with van der Waals surface area (Å²) in [5.41, 5.74) is 0. The van der Waals surface area contributed by atoms with Crippen LogP contribution in [0.25, 0.3) is 0 Å². The fourth-order valence-corrected chi connectivity index (χ4v) is 2.61. The first-order valence-electron chi connectivity index (χ1n) is 4.96. The molecule has 0 radical (unpaired) electrons. The van der Waals surface area contributed by atoms with Gasteiger partial charge in [0.25, 0.3) is 0 Å². The van der Waals surface area contributed by atoms with Gasteiger partial charge in [-0.05, 0) is 19.1 Å². The van der Waals surface area contributed by atoms with Crippen molar-refractivity contribution in [1.82, 2.24) is 14.8 Å². The highest BCUT2D eigenvalue weighted by molar-refractivity contribution is 7.98. The average Bonchev–Trinajstić information content (AvgIpc) is 2.85. The van der Waals surface area contributed by atoms with E-state index in [0.717, 1.165) is 25.7 Å². The van der Waals surface area contributed by atoms with Gasteiger partial charge in [-0.15, -0.1) is 10.2 Å². The molecular formula is C9H13N3O2S. The van der Waals surface area contributed by atoms with Gasteiger partial charge in [0, 0.05) is 6.04 Å². The minimum absolute atomic E-state index is 0.0752. The van der Waals surface area contributed by atoms with E-state index in [0.29, 0.717) is 5.16 Å². The predicted octanol–water partition coefficient (Wildman–Crippen LogP) is 1.81. The van der Waals surface area contributed by atoms with Gasteiger partial charge in [0.1, 0.15) is 0 Å². The van der Waals surface area contributed by atoms with Crippen LogP contribution in [0.2, 0.25) is 0 Å². The van der Waals surface area contributed by atoms with E-state index in [9.17, 15) is 4.79 Å². The molecule has 0 amide bonds. The number of nitrogens with zero attached hydrogens (tertiary/aromatic N) is 3. The maximum Gasteiger partial charge on any atom is 0.374 e. The summed E-state index contributed by atoms with van der Waals surface area (Å²) in [6.07, 6.45) is 6.28. The van der Waals surface area contributed by atoms with Gasteiger partial charge >= 0.3 is 5.97 Å². The number of hydrogen-bond acceptors (Lipinski definition) is 4. The lowest BCUT2D eigenvalue weighted by atomic mass is 10.2. The van der Waals surface area contributed by atoms with Crippen molar-refractivity contribution in [2.75, 3.05) is 6.26 Å². The van der Waals surface area contributed by atoms with Crippen molar-refractivity contribution in [3.05, 3.63) is 5.82 Å². The van der Waals surface area contributed by atoms with E-state index in [2.05, 4.69) is 10.2 Å². The van der Waals surface area contributed by atoms with Crippen molar-refractivity contribution < 1.29 is 9.90 Å². The fourth-order valence-electron chi connectivity index (χ4n) is 2.05. The molecule has 2 rings (SSSR count). The van der Waals surface area contributed by atoms with E-state index in [4.69, 9.17) is 5.11 Å². The Morgan fingerprint density at radius 3 is 2.67 bits per heavy atom. The van der Waals surface area contributed by atoms with Gasteiger partial charge in [0.05, 0.1) is 0 Å².